The fraction of sp³-hybridized carbons (Fsp3) is 0.611. The molecule has 0 bridgehead atoms. The van der Waals surface area contributed by atoms with E-state index < -0.39 is 5.97 Å². The number of rotatable bonds is 13. The van der Waals surface area contributed by atoms with E-state index in [1.54, 1.807) is 0 Å². The van der Waals surface area contributed by atoms with Gasteiger partial charge in [0, 0.05) is 6.42 Å². The van der Waals surface area contributed by atoms with Gasteiger partial charge in [-0.15, -0.1) is 0 Å². The summed E-state index contributed by atoms with van der Waals surface area (Å²) < 4.78 is 0. The number of carbonyl (C=O) groups is 1. The van der Waals surface area contributed by atoms with Gasteiger partial charge in [0.25, 0.3) is 0 Å². The molecule has 0 saturated heterocycles. The van der Waals surface area contributed by atoms with Crippen molar-refractivity contribution < 1.29 is 15.0 Å². The molecule has 0 aromatic carbocycles. The lowest BCUT2D eigenvalue weighted by Crippen LogP contribution is -2.01. The number of aliphatic hydroxyl groups excluding tert-OH is 1. The third-order valence-corrected chi connectivity index (χ3v) is 3.15. The van der Waals surface area contributed by atoms with Gasteiger partial charge in [-0.25, -0.2) is 0 Å². The molecule has 0 aliphatic heterocycles. The van der Waals surface area contributed by atoms with Crippen molar-refractivity contribution >= 4 is 5.97 Å². The van der Waals surface area contributed by atoms with Crippen molar-refractivity contribution in [1.29, 1.82) is 0 Å². The van der Waals surface area contributed by atoms with Gasteiger partial charge in [-0.3, -0.25) is 4.79 Å². The van der Waals surface area contributed by atoms with Crippen LogP contribution in [0.4, 0.5) is 0 Å². The van der Waals surface area contributed by atoms with Gasteiger partial charge in [-0.05, 0) is 25.7 Å². The molecule has 3 heteroatoms. The molecule has 120 valence electrons. The van der Waals surface area contributed by atoms with Crippen molar-refractivity contribution in [2.45, 2.75) is 70.8 Å². The van der Waals surface area contributed by atoms with E-state index in [4.69, 9.17) is 5.11 Å². The van der Waals surface area contributed by atoms with Crippen molar-refractivity contribution in [2.24, 2.45) is 0 Å². The molecule has 0 aromatic heterocycles. The summed E-state index contributed by atoms with van der Waals surface area (Å²) in [5.41, 5.74) is 0. The molecule has 0 spiro atoms. The van der Waals surface area contributed by atoms with Gasteiger partial charge >= 0.3 is 5.97 Å². The minimum atomic E-state index is -0.714. The SMILES string of the molecule is CC/C=C/C/C=C/C=C/[C@@H](O)CCCCCCCC(=O)O. The normalized spacial score (nSPS) is 13.6. The van der Waals surface area contributed by atoms with Crippen molar-refractivity contribution in [1.82, 2.24) is 0 Å². The molecule has 0 radical (unpaired) electrons. The Kier molecular flexibility index (Phi) is 14.1. The Morgan fingerprint density at radius 1 is 1.00 bits per heavy atom. The number of hydrogen-bond acceptors (Lipinski definition) is 2. The molecule has 0 aromatic rings. The number of carboxylic acids is 1. The Morgan fingerprint density at radius 2 is 1.71 bits per heavy atom. The highest BCUT2D eigenvalue weighted by atomic mass is 16.4. The van der Waals surface area contributed by atoms with Crippen LogP contribution in [0.3, 0.4) is 0 Å². The van der Waals surface area contributed by atoms with Crippen LogP contribution in [-0.2, 0) is 4.79 Å². The maximum Gasteiger partial charge on any atom is 0.303 e. The molecule has 0 rings (SSSR count). The van der Waals surface area contributed by atoms with Crippen LogP contribution in [0.5, 0.6) is 0 Å². The van der Waals surface area contributed by atoms with Gasteiger partial charge in [0.2, 0.25) is 0 Å². The second kappa shape index (κ2) is 15.0. The van der Waals surface area contributed by atoms with E-state index in [9.17, 15) is 9.90 Å². The van der Waals surface area contributed by atoms with Crippen molar-refractivity contribution in [3.63, 3.8) is 0 Å². The molecular weight excluding hydrogens is 264 g/mol. The number of unbranched alkanes of at least 4 members (excludes halogenated alkanes) is 4. The lowest BCUT2D eigenvalue weighted by atomic mass is 10.1. The molecule has 0 unspecified atom stereocenters. The number of aliphatic hydroxyl groups is 1. The van der Waals surface area contributed by atoms with Crippen LogP contribution in [0, 0.1) is 0 Å². The number of hydrogen-bond donors (Lipinski definition) is 2. The van der Waals surface area contributed by atoms with Gasteiger partial charge in [-0.2, -0.15) is 0 Å². The van der Waals surface area contributed by atoms with Gasteiger partial charge in [0.15, 0.2) is 0 Å². The summed E-state index contributed by atoms with van der Waals surface area (Å²) in [4.78, 5) is 10.3. The van der Waals surface area contributed by atoms with E-state index >= 15 is 0 Å². The minimum Gasteiger partial charge on any atom is -0.481 e. The predicted molar refractivity (Wildman–Crippen MR) is 88.3 cm³/mol. The molecule has 0 heterocycles. The van der Waals surface area contributed by atoms with Crippen molar-refractivity contribution in [2.75, 3.05) is 0 Å². The average molecular weight is 294 g/mol. The molecule has 0 aliphatic rings. The van der Waals surface area contributed by atoms with E-state index in [0.717, 1.165) is 51.4 Å². The number of carboxylic acid groups (broad SMARTS) is 1. The van der Waals surface area contributed by atoms with Crippen LogP contribution in [0.2, 0.25) is 0 Å². The second-order valence-corrected chi connectivity index (χ2v) is 5.20. The standard InChI is InChI=1S/C18H30O3/c1-2-3-4-5-6-8-11-14-17(19)15-12-9-7-10-13-16-18(20)21/h3-4,6,8,11,14,17,19H,2,5,7,9-10,12-13,15-16H2,1H3,(H,20,21)/b4-3+,8-6+,14-11+/t17-/m1/s1. The highest BCUT2D eigenvalue weighted by Gasteiger charge is 1.99. The Hall–Kier alpha value is -1.35. The molecular formula is C18H30O3. The van der Waals surface area contributed by atoms with E-state index in [1.807, 2.05) is 18.2 Å². The zero-order chi connectivity index (χ0) is 15.8. The van der Waals surface area contributed by atoms with Crippen LogP contribution in [-0.4, -0.2) is 22.3 Å². The predicted octanol–water partition coefficient (Wildman–Crippen LogP) is 4.63. The van der Waals surface area contributed by atoms with Crippen LogP contribution < -0.4 is 0 Å². The Balaban J connectivity index is 3.46. The first-order valence-electron chi connectivity index (χ1n) is 8.05. The van der Waals surface area contributed by atoms with Crippen LogP contribution in [0.1, 0.15) is 64.7 Å². The lowest BCUT2D eigenvalue weighted by molar-refractivity contribution is -0.137. The third kappa shape index (κ3) is 16.6. The smallest absolute Gasteiger partial charge is 0.303 e. The number of aliphatic carboxylic acids is 1. The molecule has 0 aliphatic carbocycles. The molecule has 0 fully saturated rings. The van der Waals surface area contributed by atoms with Crippen LogP contribution in [0.15, 0.2) is 36.5 Å². The van der Waals surface area contributed by atoms with Crippen molar-refractivity contribution in [3.05, 3.63) is 36.5 Å². The first-order chi connectivity index (χ1) is 10.2. The summed E-state index contributed by atoms with van der Waals surface area (Å²) in [6.45, 7) is 2.11. The fourth-order valence-electron chi connectivity index (χ4n) is 1.95. The Bertz CT molecular complexity index is 329. The number of allylic oxidation sites excluding steroid dienone is 5. The first kappa shape index (κ1) is 19.7. The average Bonchev–Trinajstić information content (AvgIpc) is 2.45. The minimum absolute atomic E-state index is 0.269. The quantitative estimate of drug-likeness (QED) is 0.296. The molecule has 2 N–H and O–H groups in total. The summed E-state index contributed by atoms with van der Waals surface area (Å²) in [6.07, 6.45) is 19.5. The van der Waals surface area contributed by atoms with Gasteiger partial charge in [-0.1, -0.05) is 69.1 Å². The molecule has 21 heavy (non-hydrogen) atoms. The highest BCUT2D eigenvalue weighted by molar-refractivity contribution is 5.66. The van der Waals surface area contributed by atoms with Gasteiger partial charge in [0.1, 0.15) is 0 Å². The van der Waals surface area contributed by atoms with Gasteiger partial charge in [0.05, 0.1) is 6.10 Å². The third-order valence-electron chi connectivity index (χ3n) is 3.15. The summed E-state index contributed by atoms with van der Waals surface area (Å²) in [5, 5.41) is 18.3. The highest BCUT2D eigenvalue weighted by Crippen LogP contribution is 2.09. The summed E-state index contributed by atoms with van der Waals surface area (Å²) in [6, 6.07) is 0. The summed E-state index contributed by atoms with van der Waals surface area (Å²) >= 11 is 0. The second-order valence-electron chi connectivity index (χ2n) is 5.20. The maximum absolute atomic E-state index is 10.3. The fourth-order valence-corrected chi connectivity index (χ4v) is 1.95. The van der Waals surface area contributed by atoms with E-state index in [2.05, 4.69) is 25.2 Å². The van der Waals surface area contributed by atoms with Gasteiger partial charge < -0.3 is 10.2 Å². The van der Waals surface area contributed by atoms with E-state index in [0.29, 0.717) is 0 Å². The zero-order valence-electron chi connectivity index (χ0n) is 13.2. The molecule has 3 nitrogen and oxygen atoms in total. The zero-order valence-corrected chi connectivity index (χ0v) is 13.2. The first-order valence-corrected chi connectivity index (χ1v) is 8.05. The van der Waals surface area contributed by atoms with Crippen molar-refractivity contribution in [3.8, 4) is 0 Å². The maximum atomic E-state index is 10.3. The lowest BCUT2D eigenvalue weighted by Gasteiger charge is -2.04. The summed E-state index contributed by atoms with van der Waals surface area (Å²) in [5.74, 6) is -0.714. The topological polar surface area (TPSA) is 57.5 Å². The Morgan fingerprint density at radius 3 is 2.43 bits per heavy atom. The molecule has 1 atom stereocenters. The Labute approximate surface area is 129 Å². The van der Waals surface area contributed by atoms with Crippen LogP contribution in [0.25, 0.3) is 0 Å². The van der Waals surface area contributed by atoms with E-state index in [-0.39, 0.29) is 12.5 Å². The molecule has 0 amide bonds. The van der Waals surface area contributed by atoms with Crippen LogP contribution >= 0.6 is 0 Å². The largest absolute Gasteiger partial charge is 0.481 e. The monoisotopic (exact) mass is 294 g/mol. The van der Waals surface area contributed by atoms with E-state index in [1.165, 1.54) is 0 Å². The summed E-state index contributed by atoms with van der Waals surface area (Å²) in [7, 11) is 0. The molecule has 0 saturated carbocycles.